The van der Waals surface area contributed by atoms with Gasteiger partial charge in [-0.05, 0) is 99.6 Å². The maximum atomic E-state index is 14.9. The SMILES string of the molecule is CC(C)C[C@H](NC(=O)[C@@H](CCCCN)CC(=O)[C@@H](Cc1ccc(O)cc1)NC(=O)[C@H](CO)CC(=O)[C@H](Cc1c[nH]c2ccccc12)NC(=O)[C@@H](CC(=O)[C@@H]1CCC(=O)N1)Cc1ncc[nH]1)C(=O)C[C@@H](CCCN=C(N)N)C(=O)N1CCC[C@H]1C(=O)NCC(N)=O. The lowest BCUT2D eigenvalue weighted by atomic mass is 9.87. The van der Waals surface area contributed by atoms with E-state index in [1.165, 1.54) is 23.2 Å². The van der Waals surface area contributed by atoms with Crippen LogP contribution in [0.1, 0.15) is 121 Å². The largest absolute Gasteiger partial charge is 0.508 e. The van der Waals surface area contributed by atoms with E-state index in [-0.39, 0.29) is 120 Å². The number of aliphatic hydroxyl groups excluding tert-OH is 1. The van der Waals surface area contributed by atoms with E-state index in [1.807, 2.05) is 32.0 Å². The zero-order valence-electron chi connectivity index (χ0n) is 51.2. The van der Waals surface area contributed by atoms with Gasteiger partial charge in [0, 0.05) is 99.4 Å². The number of Topliss-reactive ketones (excluding diaryl/α,β-unsaturated/α-hetero) is 4. The first-order chi connectivity index (χ1) is 43.0. The summed E-state index contributed by atoms with van der Waals surface area (Å²) in [6, 6.07) is 7.60. The van der Waals surface area contributed by atoms with Crippen LogP contribution in [0.2, 0.25) is 0 Å². The third kappa shape index (κ3) is 21.4. The number of aliphatic hydroxyl groups is 1. The minimum absolute atomic E-state index is 0.0260. The highest BCUT2D eigenvalue weighted by Gasteiger charge is 2.40. The molecule has 0 aliphatic carbocycles. The number of hydrogen-bond donors (Lipinski definition) is 13. The quantitative estimate of drug-likeness (QED) is 0.0164. The number of aromatic nitrogens is 3. The number of amides is 7. The second kappa shape index (κ2) is 34.8. The number of aromatic hydroxyl groups is 1. The van der Waals surface area contributed by atoms with Gasteiger partial charge in [0.1, 0.15) is 17.6 Å². The summed E-state index contributed by atoms with van der Waals surface area (Å²) in [5.74, 6) is -11.1. The van der Waals surface area contributed by atoms with E-state index < -0.39 is 133 Å². The molecule has 0 unspecified atom stereocenters. The lowest BCUT2D eigenvalue weighted by Crippen LogP contribution is -2.51. The Kier molecular flexibility index (Phi) is 27.1. The fraction of sp³-hybridized carbons (Fsp3) is 0.540. The van der Waals surface area contributed by atoms with Crippen LogP contribution in [0, 0.1) is 29.6 Å². The third-order valence-electron chi connectivity index (χ3n) is 16.4. The molecule has 17 N–H and O–H groups in total. The first-order valence-electron chi connectivity index (χ1n) is 30.9. The van der Waals surface area contributed by atoms with Gasteiger partial charge in [-0.2, -0.15) is 0 Å². The number of primary amides is 1. The van der Waals surface area contributed by atoms with Crippen molar-refractivity contribution in [2.75, 3.05) is 32.8 Å². The number of unbranched alkanes of at least 4 members (excludes halogenated alkanes) is 1. The van der Waals surface area contributed by atoms with Gasteiger partial charge in [-0.25, -0.2) is 4.98 Å². The number of imidazole rings is 1. The van der Waals surface area contributed by atoms with E-state index in [1.54, 1.807) is 30.6 Å². The Morgan fingerprint density at radius 2 is 1.39 bits per heavy atom. The minimum atomic E-state index is -1.48. The van der Waals surface area contributed by atoms with Crippen LogP contribution in [0.15, 0.2) is 72.1 Å². The lowest BCUT2D eigenvalue weighted by molar-refractivity contribution is -0.143. The molecule has 0 radical (unpaired) electrons. The van der Waals surface area contributed by atoms with Crippen LogP contribution >= 0.6 is 0 Å². The van der Waals surface area contributed by atoms with Crippen molar-refractivity contribution in [3.8, 4) is 5.75 Å². The molecule has 0 saturated carbocycles. The molecule has 0 bridgehead atoms. The molecule has 4 heterocycles. The molecule has 2 aromatic carbocycles. The highest BCUT2D eigenvalue weighted by Crippen LogP contribution is 2.28. The number of nitrogens with zero attached hydrogens (tertiary/aromatic N) is 3. The number of nitrogens with one attached hydrogen (secondary N) is 7. The number of likely N-dealkylation sites (tertiary alicyclic amines) is 1. The third-order valence-corrected chi connectivity index (χ3v) is 16.4. The zero-order valence-corrected chi connectivity index (χ0v) is 51.2. The van der Waals surface area contributed by atoms with Gasteiger partial charge in [-0.3, -0.25) is 57.7 Å². The molecule has 4 aromatic rings. The van der Waals surface area contributed by atoms with E-state index in [9.17, 15) is 63.0 Å². The molecule has 27 nitrogen and oxygen atoms in total. The number of aromatic amines is 2. The summed E-state index contributed by atoms with van der Waals surface area (Å²) in [5.41, 5.74) is 24.1. The second-order valence-electron chi connectivity index (χ2n) is 23.9. The second-order valence-corrected chi connectivity index (χ2v) is 23.9. The van der Waals surface area contributed by atoms with Crippen LogP contribution < -0.4 is 49.5 Å². The van der Waals surface area contributed by atoms with Crippen LogP contribution in [-0.2, 0) is 72.0 Å². The van der Waals surface area contributed by atoms with Gasteiger partial charge in [0.2, 0.25) is 41.4 Å². The molecular weight excluding hydrogens is 1160 g/mol. The van der Waals surface area contributed by atoms with E-state index in [2.05, 4.69) is 46.5 Å². The molecule has 0 spiro atoms. The van der Waals surface area contributed by atoms with Crippen molar-refractivity contribution in [2.45, 2.75) is 153 Å². The van der Waals surface area contributed by atoms with Gasteiger partial charge in [0.15, 0.2) is 29.1 Å². The summed E-state index contributed by atoms with van der Waals surface area (Å²) in [6.45, 7) is 3.00. The van der Waals surface area contributed by atoms with Crippen molar-refractivity contribution in [3.05, 3.63) is 84.1 Å². The Balaban J connectivity index is 1.23. The number of benzene rings is 2. The molecule has 9 atom stereocenters. The lowest BCUT2D eigenvalue weighted by Gasteiger charge is -2.29. The normalized spacial score (nSPS) is 17.0. The van der Waals surface area contributed by atoms with Crippen molar-refractivity contribution in [2.24, 2.45) is 57.5 Å². The molecule has 2 aliphatic rings. The average Bonchev–Trinajstić information content (AvgIpc) is 1.90. The summed E-state index contributed by atoms with van der Waals surface area (Å²) < 4.78 is 0. The van der Waals surface area contributed by atoms with Gasteiger partial charge in [-0.1, -0.05) is 50.6 Å². The Hall–Kier alpha value is -8.85. The Labute approximate surface area is 522 Å². The molecule has 2 saturated heterocycles. The number of guanidine groups is 1. The Morgan fingerprint density at radius 1 is 0.744 bits per heavy atom. The molecular formula is C63H88N14O13. The molecule has 6 rings (SSSR count). The zero-order chi connectivity index (χ0) is 65.4. The number of hydrogen-bond acceptors (Lipinski definition) is 16. The van der Waals surface area contributed by atoms with Crippen molar-refractivity contribution in [1.82, 2.24) is 46.4 Å². The maximum Gasteiger partial charge on any atom is 0.243 e. The minimum Gasteiger partial charge on any atom is -0.508 e. The number of nitrogens with two attached hydrogens (primary N) is 4. The summed E-state index contributed by atoms with van der Waals surface area (Å²) in [5, 5.41) is 35.4. The van der Waals surface area contributed by atoms with E-state index in [0.29, 0.717) is 42.6 Å². The number of rotatable bonds is 39. The Bertz CT molecular complexity index is 3160. The highest BCUT2D eigenvalue weighted by molar-refractivity contribution is 5.99. The molecule has 7 amide bonds. The summed E-state index contributed by atoms with van der Waals surface area (Å²) in [7, 11) is 0. The topological polar surface area (TPSA) is 453 Å². The van der Waals surface area contributed by atoms with Crippen LogP contribution in [0.5, 0.6) is 5.75 Å². The fourth-order valence-corrected chi connectivity index (χ4v) is 11.6. The van der Waals surface area contributed by atoms with Gasteiger partial charge in [-0.15, -0.1) is 0 Å². The molecule has 90 heavy (non-hydrogen) atoms. The standard InChI is InChI=1S/C63H88N14O13/c1-36(2)25-47(53(82)29-39(10-7-21-70-63(66)67)62(90)77-24-8-13-50(77)61(89)72-34-55(65)84)74-58(86)38(9-5-6-20-64)28-52(81)48(26-37-14-16-43(79)17-15-37)75-60(88)42(35-78)31-54(83)49(27-41-33-71-45-12-4-3-11-44(41)45)76-59(87)40(32-56-68-22-23-69-56)30-51(80)46-18-19-57(85)73-46/h3-4,11-12,14-17,22-23,33,36,38-40,42,46-50,71,78-79H,5-10,13,18-21,24-32,34-35,64H2,1-2H3,(H2,65,84)(H,68,69)(H,72,89)(H,73,85)(H,74,86)(H,75,88)(H,76,87)(H4,66,67,70)/t38-,39+,40-,42-,46-,47-,48+,49-,50-/m0/s1. The monoisotopic (exact) mass is 1250 g/mol. The Morgan fingerprint density at radius 3 is 2.03 bits per heavy atom. The van der Waals surface area contributed by atoms with Crippen LogP contribution in [0.3, 0.4) is 0 Å². The number of H-pyrrole nitrogens is 2. The molecule has 27 heteroatoms. The van der Waals surface area contributed by atoms with Gasteiger partial charge >= 0.3 is 0 Å². The van der Waals surface area contributed by atoms with E-state index >= 15 is 0 Å². The van der Waals surface area contributed by atoms with Gasteiger partial charge in [0.05, 0.1) is 49.2 Å². The number of carbonyl (C=O) groups excluding carboxylic acids is 11. The number of carbonyl (C=O) groups is 11. The summed E-state index contributed by atoms with van der Waals surface area (Å²) in [6.07, 6.45) is 5.50. The van der Waals surface area contributed by atoms with E-state index in [4.69, 9.17) is 22.9 Å². The first-order valence-corrected chi connectivity index (χ1v) is 30.9. The van der Waals surface area contributed by atoms with Crippen molar-refractivity contribution in [1.29, 1.82) is 0 Å². The number of phenols is 1. The van der Waals surface area contributed by atoms with Crippen molar-refractivity contribution in [3.63, 3.8) is 0 Å². The van der Waals surface area contributed by atoms with Crippen LogP contribution in [0.25, 0.3) is 10.9 Å². The summed E-state index contributed by atoms with van der Waals surface area (Å²) >= 11 is 0. The van der Waals surface area contributed by atoms with E-state index in [0.717, 1.165) is 10.9 Å². The number of phenolic OH excluding ortho intramolecular Hbond substituents is 1. The number of para-hydroxylation sites is 1. The van der Waals surface area contributed by atoms with Crippen LogP contribution in [0.4, 0.5) is 0 Å². The fourth-order valence-electron chi connectivity index (χ4n) is 11.6. The summed E-state index contributed by atoms with van der Waals surface area (Å²) in [4.78, 5) is 168. The molecule has 2 aromatic heterocycles. The van der Waals surface area contributed by atoms with Crippen LogP contribution in [-0.4, -0.2) is 164 Å². The highest BCUT2D eigenvalue weighted by atomic mass is 16.3. The predicted octanol–water partition coefficient (Wildman–Crippen LogP) is 0.473. The molecule has 488 valence electrons. The van der Waals surface area contributed by atoms with Gasteiger partial charge in [0.25, 0.3) is 0 Å². The predicted molar refractivity (Wildman–Crippen MR) is 332 cm³/mol. The van der Waals surface area contributed by atoms with Gasteiger partial charge < -0.3 is 74.6 Å². The van der Waals surface area contributed by atoms with Crippen molar-refractivity contribution < 1.29 is 63.0 Å². The van der Waals surface area contributed by atoms with Crippen molar-refractivity contribution >= 4 is 81.3 Å². The average molecular weight is 1250 g/mol. The number of fused-ring (bicyclic) bond motifs is 1. The molecule has 2 fully saturated rings. The number of aliphatic imine (C=N–C) groups is 1. The smallest absolute Gasteiger partial charge is 0.243 e. The molecule has 2 aliphatic heterocycles. The number of ketones is 4. The first kappa shape index (κ1) is 70.2. The maximum absolute atomic E-state index is 14.9.